The normalized spacial score (nSPS) is 13.8. The van der Waals surface area contributed by atoms with Crippen LogP contribution in [0.25, 0.3) is 10.9 Å². The van der Waals surface area contributed by atoms with E-state index in [-0.39, 0.29) is 17.9 Å². The molecule has 1 amide bonds. The lowest BCUT2D eigenvalue weighted by Crippen LogP contribution is -2.38. The molecule has 120 valence electrons. The van der Waals surface area contributed by atoms with E-state index >= 15 is 0 Å². The van der Waals surface area contributed by atoms with Crippen molar-refractivity contribution in [3.63, 3.8) is 0 Å². The van der Waals surface area contributed by atoms with Crippen LogP contribution < -0.4 is 10.3 Å². The smallest absolute Gasteiger partial charge is 0.248 e. The zero-order valence-electron chi connectivity index (χ0n) is 12.9. The molecule has 1 aromatic heterocycles. The van der Waals surface area contributed by atoms with Gasteiger partial charge in [-0.3, -0.25) is 14.3 Å². The molecule has 0 saturated heterocycles. The first-order valence-electron chi connectivity index (χ1n) is 7.71. The van der Waals surface area contributed by atoms with Gasteiger partial charge in [0, 0.05) is 22.6 Å². The monoisotopic (exact) mass is 337 g/mol. The van der Waals surface area contributed by atoms with Gasteiger partial charge in [-0.2, -0.15) is 5.10 Å². The molecule has 4 rings (SSSR count). The summed E-state index contributed by atoms with van der Waals surface area (Å²) in [6.45, 7) is 0.790. The van der Waals surface area contributed by atoms with Gasteiger partial charge >= 0.3 is 0 Å². The number of anilines is 1. The molecule has 0 aliphatic carbocycles. The van der Waals surface area contributed by atoms with Gasteiger partial charge in [0.25, 0.3) is 0 Å². The number of nitrogens with zero attached hydrogens (tertiary/aromatic N) is 3. The van der Waals surface area contributed by atoms with Gasteiger partial charge in [-0.25, -0.2) is 0 Å². The van der Waals surface area contributed by atoms with Crippen molar-refractivity contribution in [3.8, 4) is 0 Å². The minimum Gasteiger partial charge on any atom is -0.309 e. The Morgan fingerprint density at radius 2 is 1.92 bits per heavy atom. The second-order valence-electron chi connectivity index (χ2n) is 5.55. The molecular formula is C18H15N3O2S. The van der Waals surface area contributed by atoms with Crippen LogP contribution in [0.5, 0.6) is 0 Å². The molecule has 5 nitrogen and oxygen atoms in total. The number of carbonyl (C=O) groups excluding carboxylic acids is 1. The SMILES string of the molecule is O=C(Cn1ncc(=O)c2ccccc21)N1CCSc2ccccc21. The number of aromatic nitrogens is 2. The Balaban J connectivity index is 1.69. The van der Waals surface area contributed by atoms with Crippen molar-refractivity contribution in [3.05, 3.63) is 65.0 Å². The topological polar surface area (TPSA) is 55.2 Å². The number of fused-ring (bicyclic) bond motifs is 2. The van der Waals surface area contributed by atoms with Crippen LogP contribution in [0.2, 0.25) is 0 Å². The maximum atomic E-state index is 12.8. The first kappa shape index (κ1) is 15.0. The minimum atomic E-state index is -0.131. The summed E-state index contributed by atoms with van der Waals surface area (Å²) < 4.78 is 1.60. The molecule has 3 aromatic rings. The number of para-hydroxylation sites is 2. The average molecular weight is 337 g/mol. The first-order chi connectivity index (χ1) is 11.7. The average Bonchev–Trinajstić information content (AvgIpc) is 2.64. The molecule has 2 aromatic carbocycles. The molecule has 6 heteroatoms. The number of amides is 1. The molecule has 0 fully saturated rings. The fourth-order valence-corrected chi connectivity index (χ4v) is 3.92. The third-order valence-corrected chi connectivity index (χ3v) is 5.12. The summed E-state index contributed by atoms with van der Waals surface area (Å²) in [5, 5.41) is 4.73. The lowest BCUT2D eigenvalue weighted by molar-refractivity contribution is -0.119. The molecular weight excluding hydrogens is 322 g/mol. The third kappa shape index (κ3) is 2.59. The number of hydrogen-bond acceptors (Lipinski definition) is 4. The van der Waals surface area contributed by atoms with Crippen molar-refractivity contribution in [2.75, 3.05) is 17.2 Å². The summed E-state index contributed by atoms with van der Waals surface area (Å²) in [6.07, 6.45) is 1.27. The van der Waals surface area contributed by atoms with Crippen molar-refractivity contribution >= 4 is 34.3 Å². The standard InChI is InChI=1S/C18H15N3O2S/c22-16-11-19-21(14-6-2-1-5-13(14)16)12-18(23)20-9-10-24-17-8-4-3-7-15(17)20/h1-8,11H,9-10,12H2. The fourth-order valence-electron chi connectivity index (χ4n) is 2.93. The predicted octanol–water partition coefficient (Wildman–Crippen LogP) is 2.54. The fraction of sp³-hybridized carbons (Fsp3) is 0.167. The predicted molar refractivity (Wildman–Crippen MR) is 95.5 cm³/mol. The van der Waals surface area contributed by atoms with E-state index in [1.54, 1.807) is 27.4 Å². The molecule has 2 heterocycles. The van der Waals surface area contributed by atoms with E-state index in [1.165, 1.54) is 6.20 Å². The molecule has 1 aliphatic rings. The number of hydrogen-bond donors (Lipinski definition) is 0. The van der Waals surface area contributed by atoms with E-state index in [0.717, 1.165) is 16.3 Å². The lowest BCUT2D eigenvalue weighted by Gasteiger charge is -2.29. The maximum absolute atomic E-state index is 12.8. The van der Waals surface area contributed by atoms with Gasteiger partial charge in [0.2, 0.25) is 11.3 Å². The first-order valence-corrected chi connectivity index (χ1v) is 8.70. The number of thioether (sulfide) groups is 1. The highest BCUT2D eigenvalue weighted by Crippen LogP contribution is 2.34. The highest BCUT2D eigenvalue weighted by molar-refractivity contribution is 7.99. The molecule has 24 heavy (non-hydrogen) atoms. The highest BCUT2D eigenvalue weighted by atomic mass is 32.2. The van der Waals surface area contributed by atoms with Gasteiger partial charge < -0.3 is 4.90 Å². The third-order valence-electron chi connectivity index (χ3n) is 4.08. The van der Waals surface area contributed by atoms with Gasteiger partial charge in [0.1, 0.15) is 6.54 Å². The molecule has 0 atom stereocenters. The van der Waals surface area contributed by atoms with E-state index in [4.69, 9.17) is 0 Å². The summed E-state index contributed by atoms with van der Waals surface area (Å²) >= 11 is 1.76. The van der Waals surface area contributed by atoms with Crippen LogP contribution in [0.1, 0.15) is 0 Å². The Morgan fingerprint density at radius 1 is 1.12 bits per heavy atom. The van der Waals surface area contributed by atoms with Crippen LogP contribution in [0.3, 0.4) is 0 Å². The van der Waals surface area contributed by atoms with Crippen LogP contribution in [-0.4, -0.2) is 28.0 Å². The Labute approximate surface area is 142 Å². The van der Waals surface area contributed by atoms with Gasteiger partial charge in [-0.15, -0.1) is 11.8 Å². The molecule has 0 N–H and O–H groups in total. The van der Waals surface area contributed by atoms with Gasteiger partial charge in [-0.05, 0) is 24.3 Å². The van der Waals surface area contributed by atoms with E-state index in [2.05, 4.69) is 5.10 Å². The van der Waals surface area contributed by atoms with Crippen molar-refractivity contribution in [2.45, 2.75) is 11.4 Å². The van der Waals surface area contributed by atoms with Crippen LogP contribution in [0, 0.1) is 0 Å². The zero-order chi connectivity index (χ0) is 16.5. The van der Waals surface area contributed by atoms with Crippen molar-refractivity contribution in [1.82, 2.24) is 9.78 Å². The summed E-state index contributed by atoms with van der Waals surface area (Å²) in [6, 6.07) is 15.2. The Morgan fingerprint density at radius 3 is 2.83 bits per heavy atom. The number of benzene rings is 2. The second kappa shape index (κ2) is 6.13. The van der Waals surface area contributed by atoms with E-state index in [9.17, 15) is 9.59 Å². The Kier molecular flexibility index (Phi) is 3.82. The summed E-state index contributed by atoms with van der Waals surface area (Å²) in [5.74, 6) is 0.852. The molecule has 1 aliphatic heterocycles. The van der Waals surface area contributed by atoms with Crippen LogP contribution in [0.15, 0.2) is 64.4 Å². The quantitative estimate of drug-likeness (QED) is 0.721. The molecule has 0 radical (unpaired) electrons. The summed E-state index contributed by atoms with van der Waals surface area (Å²) in [5.41, 5.74) is 1.50. The summed E-state index contributed by atoms with van der Waals surface area (Å²) in [4.78, 5) is 27.7. The zero-order valence-corrected chi connectivity index (χ0v) is 13.7. The van der Waals surface area contributed by atoms with Crippen LogP contribution in [-0.2, 0) is 11.3 Å². The Bertz CT molecular complexity index is 983. The molecule has 0 saturated carbocycles. The summed E-state index contributed by atoms with van der Waals surface area (Å²) in [7, 11) is 0. The highest BCUT2D eigenvalue weighted by Gasteiger charge is 2.23. The van der Waals surface area contributed by atoms with Crippen LogP contribution >= 0.6 is 11.8 Å². The molecule has 0 bridgehead atoms. The second-order valence-corrected chi connectivity index (χ2v) is 6.68. The van der Waals surface area contributed by atoms with Crippen molar-refractivity contribution in [2.24, 2.45) is 0 Å². The van der Waals surface area contributed by atoms with E-state index in [0.29, 0.717) is 17.4 Å². The number of rotatable bonds is 2. The maximum Gasteiger partial charge on any atom is 0.248 e. The van der Waals surface area contributed by atoms with Gasteiger partial charge in [0.05, 0.1) is 17.4 Å². The van der Waals surface area contributed by atoms with Gasteiger partial charge in [0.15, 0.2) is 0 Å². The largest absolute Gasteiger partial charge is 0.309 e. The van der Waals surface area contributed by atoms with Gasteiger partial charge in [-0.1, -0.05) is 24.3 Å². The van der Waals surface area contributed by atoms with Crippen LogP contribution in [0.4, 0.5) is 5.69 Å². The molecule has 0 spiro atoms. The van der Waals surface area contributed by atoms with E-state index < -0.39 is 0 Å². The van der Waals surface area contributed by atoms with Crippen molar-refractivity contribution in [1.29, 1.82) is 0 Å². The molecule has 0 unspecified atom stereocenters. The lowest BCUT2D eigenvalue weighted by atomic mass is 10.2. The van der Waals surface area contributed by atoms with E-state index in [1.807, 2.05) is 42.5 Å². The number of carbonyl (C=O) groups is 1. The van der Waals surface area contributed by atoms with Crippen molar-refractivity contribution < 1.29 is 4.79 Å². The minimum absolute atomic E-state index is 0.0240. The Hall–Kier alpha value is -2.60.